The SMILES string of the molecule is O=C(NC1CCNC1)c1oc2ccccc2c1COc1ccccc1Cl. The average molecular weight is 371 g/mol. The zero-order valence-electron chi connectivity index (χ0n) is 14.1. The van der Waals surface area contributed by atoms with E-state index in [-0.39, 0.29) is 18.6 Å². The summed E-state index contributed by atoms with van der Waals surface area (Å²) in [7, 11) is 0. The van der Waals surface area contributed by atoms with Crippen molar-refractivity contribution in [2.24, 2.45) is 0 Å². The summed E-state index contributed by atoms with van der Waals surface area (Å²) in [6.07, 6.45) is 0.914. The van der Waals surface area contributed by atoms with Gasteiger partial charge in [-0.3, -0.25) is 4.79 Å². The molecule has 2 aromatic carbocycles. The van der Waals surface area contributed by atoms with Crippen LogP contribution >= 0.6 is 11.6 Å². The number of fused-ring (bicyclic) bond motifs is 1. The van der Waals surface area contributed by atoms with Crippen molar-refractivity contribution in [2.75, 3.05) is 13.1 Å². The standard InChI is InChI=1S/C20H19ClN2O3/c21-16-6-2-4-8-18(16)25-12-15-14-5-1-3-7-17(14)26-19(15)20(24)23-13-9-10-22-11-13/h1-8,13,22H,9-12H2,(H,23,24). The second-order valence-electron chi connectivity index (χ2n) is 6.29. The van der Waals surface area contributed by atoms with Crippen LogP contribution in [0, 0.1) is 0 Å². The Bertz CT molecular complexity index is 932. The first-order valence-corrected chi connectivity index (χ1v) is 8.99. The van der Waals surface area contributed by atoms with E-state index < -0.39 is 0 Å². The van der Waals surface area contributed by atoms with Crippen molar-refractivity contribution >= 4 is 28.5 Å². The number of furan rings is 1. The first-order chi connectivity index (χ1) is 12.7. The number of para-hydroxylation sites is 2. The van der Waals surface area contributed by atoms with Gasteiger partial charge in [-0.15, -0.1) is 0 Å². The summed E-state index contributed by atoms with van der Waals surface area (Å²) >= 11 is 6.16. The van der Waals surface area contributed by atoms with E-state index in [1.54, 1.807) is 12.1 Å². The van der Waals surface area contributed by atoms with Crippen molar-refractivity contribution in [1.82, 2.24) is 10.6 Å². The highest BCUT2D eigenvalue weighted by atomic mass is 35.5. The van der Waals surface area contributed by atoms with Crippen molar-refractivity contribution in [2.45, 2.75) is 19.1 Å². The van der Waals surface area contributed by atoms with Gasteiger partial charge < -0.3 is 19.8 Å². The van der Waals surface area contributed by atoms with E-state index in [9.17, 15) is 4.79 Å². The minimum absolute atomic E-state index is 0.119. The lowest BCUT2D eigenvalue weighted by Crippen LogP contribution is -2.36. The molecule has 0 radical (unpaired) electrons. The Morgan fingerprint density at radius 1 is 1.23 bits per heavy atom. The monoisotopic (exact) mass is 370 g/mol. The van der Waals surface area contributed by atoms with Gasteiger partial charge >= 0.3 is 0 Å². The lowest BCUT2D eigenvalue weighted by Gasteiger charge is -2.11. The largest absolute Gasteiger partial charge is 0.487 e. The maximum Gasteiger partial charge on any atom is 0.287 e. The zero-order chi connectivity index (χ0) is 17.9. The number of carbonyl (C=O) groups is 1. The molecule has 3 aromatic rings. The predicted octanol–water partition coefficient (Wildman–Crippen LogP) is 3.76. The van der Waals surface area contributed by atoms with Crippen molar-refractivity contribution < 1.29 is 13.9 Å². The van der Waals surface area contributed by atoms with Crippen molar-refractivity contribution in [3.63, 3.8) is 0 Å². The second-order valence-corrected chi connectivity index (χ2v) is 6.70. The highest BCUT2D eigenvalue weighted by Crippen LogP contribution is 2.29. The molecule has 0 saturated carbocycles. The van der Waals surface area contributed by atoms with Crippen molar-refractivity contribution in [1.29, 1.82) is 0 Å². The van der Waals surface area contributed by atoms with Gasteiger partial charge in [-0.05, 0) is 31.2 Å². The van der Waals surface area contributed by atoms with Crippen LogP contribution in [-0.4, -0.2) is 25.0 Å². The molecule has 6 heteroatoms. The summed E-state index contributed by atoms with van der Waals surface area (Å²) in [6, 6.07) is 15.0. The Hall–Kier alpha value is -2.50. The lowest BCUT2D eigenvalue weighted by atomic mass is 10.1. The second kappa shape index (κ2) is 7.40. The third-order valence-electron chi connectivity index (χ3n) is 4.51. The van der Waals surface area contributed by atoms with E-state index in [2.05, 4.69) is 10.6 Å². The fourth-order valence-electron chi connectivity index (χ4n) is 3.17. The average Bonchev–Trinajstić information content (AvgIpc) is 3.28. The zero-order valence-corrected chi connectivity index (χ0v) is 14.9. The lowest BCUT2D eigenvalue weighted by molar-refractivity contribution is 0.0911. The molecule has 1 unspecified atom stereocenters. The van der Waals surface area contributed by atoms with Crippen molar-refractivity contribution in [3.8, 4) is 5.75 Å². The third-order valence-corrected chi connectivity index (χ3v) is 4.82. The normalized spacial score (nSPS) is 16.7. The van der Waals surface area contributed by atoms with Crippen LogP contribution in [0.1, 0.15) is 22.5 Å². The molecule has 1 saturated heterocycles. The number of carbonyl (C=O) groups excluding carboxylic acids is 1. The van der Waals surface area contributed by atoms with E-state index in [1.165, 1.54) is 0 Å². The maximum atomic E-state index is 12.8. The highest BCUT2D eigenvalue weighted by Gasteiger charge is 2.24. The summed E-state index contributed by atoms with van der Waals surface area (Å²) in [6.45, 7) is 1.89. The van der Waals surface area contributed by atoms with Gasteiger partial charge in [0.2, 0.25) is 0 Å². The van der Waals surface area contributed by atoms with E-state index in [4.69, 9.17) is 20.8 Å². The Morgan fingerprint density at radius 3 is 2.85 bits per heavy atom. The molecule has 1 aliphatic heterocycles. The topological polar surface area (TPSA) is 63.5 Å². The number of hydrogen-bond donors (Lipinski definition) is 2. The van der Waals surface area contributed by atoms with E-state index >= 15 is 0 Å². The van der Waals surface area contributed by atoms with Crippen LogP contribution in [-0.2, 0) is 6.61 Å². The van der Waals surface area contributed by atoms with Gasteiger partial charge in [0.05, 0.1) is 5.02 Å². The Morgan fingerprint density at radius 2 is 2.04 bits per heavy atom. The van der Waals surface area contributed by atoms with E-state index in [1.807, 2.05) is 36.4 Å². The minimum Gasteiger partial charge on any atom is -0.487 e. The number of amides is 1. The van der Waals surface area contributed by atoms with E-state index in [0.717, 1.165) is 30.5 Å². The summed E-state index contributed by atoms with van der Waals surface area (Å²) in [5, 5.41) is 7.67. The minimum atomic E-state index is -0.215. The molecule has 0 bridgehead atoms. The van der Waals surface area contributed by atoms with Gasteiger partial charge in [-0.25, -0.2) is 0 Å². The third kappa shape index (κ3) is 3.41. The molecule has 1 amide bonds. The van der Waals surface area contributed by atoms with Gasteiger partial charge in [0.25, 0.3) is 5.91 Å². The van der Waals surface area contributed by atoms with Gasteiger partial charge in [0.15, 0.2) is 5.76 Å². The molecule has 2 heterocycles. The molecular formula is C20H19ClN2O3. The molecule has 1 fully saturated rings. The Balaban J connectivity index is 1.63. The molecule has 1 aliphatic rings. The van der Waals surface area contributed by atoms with Crippen molar-refractivity contribution in [3.05, 3.63) is 64.9 Å². The van der Waals surface area contributed by atoms with Crippen LogP contribution in [0.4, 0.5) is 0 Å². The quantitative estimate of drug-likeness (QED) is 0.717. The first-order valence-electron chi connectivity index (χ1n) is 8.61. The van der Waals surface area contributed by atoms with Gasteiger partial charge in [0, 0.05) is 23.5 Å². The summed E-state index contributed by atoms with van der Waals surface area (Å²) in [5.41, 5.74) is 1.39. The first kappa shape index (κ1) is 16.9. The van der Waals surface area contributed by atoms with Gasteiger partial charge in [-0.2, -0.15) is 0 Å². The number of benzene rings is 2. The fourth-order valence-corrected chi connectivity index (χ4v) is 3.36. The van der Waals surface area contributed by atoms with Gasteiger partial charge in [-0.1, -0.05) is 41.9 Å². The van der Waals surface area contributed by atoms with Crippen LogP contribution in [0.25, 0.3) is 11.0 Å². The number of halogens is 1. The Kier molecular flexibility index (Phi) is 4.82. The molecular weight excluding hydrogens is 352 g/mol. The number of nitrogens with one attached hydrogen (secondary N) is 2. The molecule has 2 N–H and O–H groups in total. The molecule has 4 rings (SSSR count). The summed E-state index contributed by atoms with van der Waals surface area (Å²) < 4.78 is 11.7. The number of ether oxygens (including phenoxy) is 1. The summed E-state index contributed by atoms with van der Waals surface area (Å²) in [4.78, 5) is 12.8. The Labute approximate surface area is 156 Å². The van der Waals surface area contributed by atoms with Crippen LogP contribution < -0.4 is 15.4 Å². The van der Waals surface area contributed by atoms with Crippen LogP contribution in [0.2, 0.25) is 5.02 Å². The smallest absolute Gasteiger partial charge is 0.287 e. The van der Waals surface area contributed by atoms with Crippen LogP contribution in [0.15, 0.2) is 52.9 Å². The number of rotatable bonds is 5. The summed E-state index contributed by atoms with van der Waals surface area (Å²) in [5.74, 6) is 0.656. The molecule has 134 valence electrons. The fraction of sp³-hybridized carbons (Fsp3) is 0.250. The van der Waals surface area contributed by atoms with Crippen LogP contribution in [0.5, 0.6) is 5.75 Å². The highest BCUT2D eigenvalue weighted by molar-refractivity contribution is 6.32. The molecule has 1 atom stereocenters. The molecule has 26 heavy (non-hydrogen) atoms. The van der Waals surface area contributed by atoms with Crippen LogP contribution in [0.3, 0.4) is 0 Å². The molecule has 0 spiro atoms. The number of hydrogen-bond acceptors (Lipinski definition) is 4. The maximum absolute atomic E-state index is 12.8. The predicted molar refractivity (Wildman–Crippen MR) is 101 cm³/mol. The molecule has 1 aromatic heterocycles. The molecule has 5 nitrogen and oxygen atoms in total. The molecule has 0 aliphatic carbocycles. The van der Waals surface area contributed by atoms with E-state index in [0.29, 0.717) is 22.1 Å². The van der Waals surface area contributed by atoms with Gasteiger partial charge in [0.1, 0.15) is 17.9 Å².